The van der Waals surface area contributed by atoms with E-state index >= 15 is 0 Å². The lowest BCUT2D eigenvalue weighted by Gasteiger charge is -2.07. The third kappa shape index (κ3) is 2.36. The molecule has 0 saturated heterocycles. The zero-order chi connectivity index (χ0) is 15.9. The van der Waals surface area contributed by atoms with Crippen molar-refractivity contribution in [3.8, 4) is 5.69 Å². The molecule has 1 heterocycles. The second-order valence-corrected chi connectivity index (χ2v) is 4.88. The molecule has 0 atom stereocenters. The van der Waals surface area contributed by atoms with Gasteiger partial charge in [0.2, 0.25) is 5.69 Å². The number of halogens is 3. The second kappa shape index (κ2) is 4.98. The van der Waals surface area contributed by atoms with Gasteiger partial charge in [0.1, 0.15) is 5.56 Å². The lowest BCUT2D eigenvalue weighted by Crippen LogP contribution is -2.48. The average molecular weight is 306 g/mol. The summed E-state index contributed by atoms with van der Waals surface area (Å²) in [6, 6.07) is 10.1. The molecule has 0 aliphatic carbocycles. The van der Waals surface area contributed by atoms with Crippen LogP contribution in [-0.2, 0) is 6.18 Å². The smallest absolute Gasteiger partial charge is 0.371 e. The minimum atomic E-state index is -4.56. The molecular weight excluding hydrogens is 295 g/mol. The van der Waals surface area contributed by atoms with Crippen LogP contribution in [-0.4, -0.2) is 0 Å². The maximum Gasteiger partial charge on any atom is 0.608 e. The summed E-state index contributed by atoms with van der Waals surface area (Å²) < 4.78 is 45.4. The number of nitrogens with zero attached hydrogens (tertiary/aromatic N) is 1. The van der Waals surface area contributed by atoms with Crippen LogP contribution in [0.15, 0.2) is 57.9 Å². The predicted molar refractivity (Wildman–Crippen MR) is 73.8 cm³/mol. The maximum atomic E-state index is 13.1. The molecule has 0 unspecified atom stereocenters. The van der Waals surface area contributed by atoms with Crippen molar-refractivity contribution >= 4 is 11.0 Å². The van der Waals surface area contributed by atoms with Gasteiger partial charge >= 0.3 is 11.9 Å². The van der Waals surface area contributed by atoms with E-state index in [1.54, 1.807) is 25.1 Å². The van der Waals surface area contributed by atoms with Crippen molar-refractivity contribution in [2.75, 3.05) is 0 Å². The van der Waals surface area contributed by atoms with Gasteiger partial charge in [0.05, 0.1) is 5.39 Å². The molecular formula is C16H11F3NO2+. The fourth-order valence-electron chi connectivity index (χ4n) is 2.34. The molecule has 3 aromatic rings. The molecule has 0 fully saturated rings. The molecule has 0 N–H and O–H groups in total. The largest absolute Gasteiger partial charge is 0.608 e. The van der Waals surface area contributed by atoms with Crippen molar-refractivity contribution in [3.63, 3.8) is 0 Å². The van der Waals surface area contributed by atoms with Gasteiger partial charge in [-0.2, -0.15) is 18.0 Å². The van der Waals surface area contributed by atoms with Gasteiger partial charge < -0.3 is 4.42 Å². The summed E-state index contributed by atoms with van der Waals surface area (Å²) in [4.78, 5) is 12.1. The first kappa shape index (κ1) is 14.3. The van der Waals surface area contributed by atoms with Gasteiger partial charge in [-0.05, 0) is 24.6 Å². The molecule has 6 heteroatoms. The molecule has 0 bridgehead atoms. The van der Waals surface area contributed by atoms with Gasteiger partial charge in [-0.3, -0.25) is 0 Å². The maximum absolute atomic E-state index is 13.1. The number of para-hydroxylation sites is 2. The third-order valence-electron chi connectivity index (χ3n) is 3.37. The Kier molecular flexibility index (Phi) is 3.24. The first-order chi connectivity index (χ1) is 10.4. The summed E-state index contributed by atoms with van der Waals surface area (Å²) >= 11 is 0. The first-order valence-corrected chi connectivity index (χ1v) is 6.49. The lowest BCUT2D eigenvalue weighted by molar-refractivity contribution is -0.624. The molecule has 0 aliphatic rings. The molecule has 1 aromatic heterocycles. The van der Waals surface area contributed by atoms with E-state index in [9.17, 15) is 18.0 Å². The highest BCUT2D eigenvalue weighted by molar-refractivity contribution is 5.77. The van der Waals surface area contributed by atoms with Crippen LogP contribution < -0.4 is 10.3 Å². The number of aromatic nitrogens is 1. The van der Waals surface area contributed by atoms with E-state index in [0.717, 1.165) is 16.2 Å². The summed E-state index contributed by atoms with van der Waals surface area (Å²) in [7, 11) is 0. The number of benzene rings is 2. The number of hydrogen-bond acceptors (Lipinski definition) is 2. The predicted octanol–water partition coefficient (Wildman–Crippen LogP) is 3.40. The van der Waals surface area contributed by atoms with Gasteiger partial charge in [-0.25, -0.2) is 0 Å². The standard InChI is InChI=1S/C16H11F3NO2/c1-10-5-4-6-11-9-20(15(21)22-14(10)11)13-8-3-2-7-12(13)16(17,18)19/h2-9H,1H3/q+1. The molecule has 112 valence electrons. The van der Waals surface area contributed by atoms with Crippen LogP contribution in [0.3, 0.4) is 0 Å². The highest BCUT2D eigenvalue weighted by Gasteiger charge is 2.38. The van der Waals surface area contributed by atoms with Crippen LogP contribution >= 0.6 is 0 Å². The van der Waals surface area contributed by atoms with Crippen molar-refractivity contribution in [2.45, 2.75) is 13.1 Å². The molecule has 22 heavy (non-hydrogen) atoms. The molecule has 2 aromatic carbocycles. The Labute approximate surface area is 123 Å². The molecule has 0 spiro atoms. The van der Waals surface area contributed by atoms with Gasteiger partial charge in [0, 0.05) is 6.07 Å². The molecule has 0 aliphatic heterocycles. The Hall–Kier alpha value is -2.63. The van der Waals surface area contributed by atoms with Gasteiger partial charge in [0.15, 0.2) is 11.8 Å². The van der Waals surface area contributed by atoms with Crippen molar-refractivity contribution in [1.29, 1.82) is 0 Å². The van der Waals surface area contributed by atoms with Crippen LogP contribution in [0.1, 0.15) is 11.1 Å². The Bertz CT molecular complexity index is 913. The van der Waals surface area contributed by atoms with Crippen LogP contribution in [0.2, 0.25) is 0 Å². The molecule has 3 rings (SSSR count). The van der Waals surface area contributed by atoms with Crippen LogP contribution in [0, 0.1) is 6.92 Å². The third-order valence-corrected chi connectivity index (χ3v) is 3.37. The van der Waals surface area contributed by atoms with E-state index in [0.29, 0.717) is 11.0 Å². The Balaban J connectivity index is 2.33. The summed E-state index contributed by atoms with van der Waals surface area (Å²) in [6.45, 7) is 1.76. The highest BCUT2D eigenvalue weighted by Crippen LogP contribution is 2.31. The monoisotopic (exact) mass is 306 g/mol. The molecule has 0 amide bonds. The SMILES string of the molecule is Cc1cccc2c[n+](-c3ccccc3C(F)(F)F)c(=O)oc12. The molecule has 0 radical (unpaired) electrons. The number of hydrogen-bond donors (Lipinski definition) is 0. The van der Waals surface area contributed by atoms with E-state index in [-0.39, 0.29) is 5.69 Å². The minimum Gasteiger partial charge on any atom is -0.371 e. The quantitative estimate of drug-likeness (QED) is 0.646. The summed E-state index contributed by atoms with van der Waals surface area (Å²) in [5, 5.41) is 0.552. The molecule has 3 nitrogen and oxygen atoms in total. The fraction of sp³-hybridized carbons (Fsp3) is 0.125. The lowest BCUT2D eigenvalue weighted by atomic mass is 10.1. The zero-order valence-corrected chi connectivity index (χ0v) is 11.5. The highest BCUT2D eigenvalue weighted by atomic mass is 19.4. The van der Waals surface area contributed by atoms with E-state index < -0.39 is 17.5 Å². The van der Waals surface area contributed by atoms with Crippen LogP contribution in [0.4, 0.5) is 13.2 Å². The summed E-state index contributed by atoms with van der Waals surface area (Å²) in [5.74, 6) is -0.862. The number of aryl methyl sites for hydroxylation is 1. The summed E-state index contributed by atoms with van der Waals surface area (Å²) in [6.07, 6.45) is -3.20. The molecule has 0 saturated carbocycles. The van der Waals surface area contributed by atoms with Gasteiger partial charge in [0.25, 0.3) is 0 Å². The van der Waals surface area contributed by atoms with Crippen molar-refractivity contribution in [1.82, 2.24) is 0 Å². The summed E-state index contributed by atoms with van der Waals surface area (Å²) in [5.41, 5.74) is -0.0365. The van der Waals surface area contributed by atoms with E-state index in [1.807, 2.05) is 0 Å². The normalized spacial score (nSPS) is 11.8. The van der Waals surface area contributed by atoms with E-state index in [4.69, 9.17) is 4.42 Å². The number of rotatable bonds is 1. The number of alkyl halides is 3. The fourth-order valence-corrected chi connectivity index (χ4v) is 2.34. The van der Waals surface area contributed by atoms with Crippen molar-refractivity contribution in [3.05, 3.63) is 70.3 Å². The van der Waals surface area contributed by atoms with E-state index in [2.05, 4.69) is 0 Å². The van der Waals surface area contributed by atoms with Crippen LogP contribution in [0.25, 0.3) is 16.7 Å². The first-order valence-electron chi connectivity index (χ1n) is 6.49. The van der Waals surface area contributed by atoms with Gasteiger partial charge in [-0.1, -0.05) is 28.8 Å². The Morgan fingerprint density at radius 1 is 1.05 bits per heavy atom. The minimum absolute atomic E-state index is 0.257. The number of fused-ring (bicyclic) bond motifs is 1. The van der Waals surface area contributed by atoms with Crippen molar-refractivity contribution < 1.29 is 22.2 Å². The average Bonchev–Trinajstić information content (AvgIpc) is 2.47. The zero-order valence-electron chi connectivity index (χ0n) is 11.5. The van der Waals surface area contributed by atoms with Crippen LogP contribution in [0.5, 0.6) is 0 Å². The van der Waals surface area contributed by atoms with Crippen molar-refractivity contribution in [2.24, 2.45) is 0 Å². The topological polar surface area (TPSA) is 34.1 Å². The second-order valence-electron chi connectivity index (χ2n) is 4.88. The van der Waals surface area contributed by atoms with Gasteiger partial charge in [-0.15, -0.1) is 0 Å². The Morgan fingerprint density at radius 3 is 2.50 bits per heavy atom. The van der Waals surface area contributed by atoms with E-state index in [1.165, 1.54) is 24.4 Å². The Morgan fingerprint density at radius 2 is 1.77 bits per heavy atom.